The molecular weight excluding hydrogens is 643 g/mol. The highest BCUT2D eigenvalue weighted by Crippen LogP contribution is 2.53. The summed E-state index contributed by atoms with van der Waals surface area (Å²) in [6, 6.07) is 0.525. The lowest BCUT2D eigenvalue weighted by molar-refractivity contribution is -0.148. The van der Waals surface area contributed by atoms with Crippen LogP contribution >= 0.6 is 24.8 Å². The summed E-state index contributed by atoms with van der Waals surface area (Å²) in [5.74, 6) is -7.63. The van der Waals surface area contributed by atoms with E-state index in [4.69, 9.17) is 5.73 Å². The minimum Gasteiger partial charge on any atom is -0.510 e. The van der Waals surface area contributed by atoms with Crippen LogP contribution in [0.5, 0.6) is 5.75 Å². The molecule has 1 aromatic rings. The van der Waals surface area contributed by atoms with E-state index in [0.717, 1.165) is 13.1 Å². The number of nitrogens with one attached hydrogen (secondary N) is 1. The average Bonchev–Trinajstić information content (AvgIpc) is 2.93. The van der Waals surface area contributed by atoms with Crippen molar-refractivity contribution in [3.05, 3.63) is 39.9 Å². The Bertz CT molecular complexity index is 1520. The van der Waals surface area contributed by atoms with Crippen molar-refractivity contribution in [2.75, 3.05) is 78.2 Å². The van der Waals surface area contributed by atoms with Crippen molar-refractivity contribution < 1.29 is 39.6 Å². The van der Waals surface area contributed by atoms with Gasteiger partial charge < -0.3 is 41.3 Å². The van der Waals surface area contributed by atoms with Crippen LogP contribution in [0, 0.1) is 11.8 Å². The number of phenols is 1. The molecule has 0 saturated carbocycles. The third-order valence-corrected chi connectivity index (χ3v) is 9.42. The lowest BCUT2D eigenvalue weighted by Crippen LogP contribution is -2.63. The van der Waals surface area contributed by atoms with Gasteiger partial charge in [0.15, 0.2) is 17.1 Å². The number of aromatic hydroxyl groups is 1. The Morgan fingerprint density at radius 2 is 1.67 bits per heavy atom. The van der Waals surface area contributed by atoms with E-state index in [1.54, 1.807) is 39.2 Å². The molecule has 3 aliphatic carbocycles. The first kappa shape index (κ1) is 37.1. The number of likely N-dealkylation sites (N-methyl/N-ethyl adjacent to an activating group) is 2. The molecule has 2 unspecified atom stereocenters. The maximum absolute atomic E-state index is 14.2. The first-order chi connectivity index (χ1) is 20.6. The van der Waals surface area contributed by atoms with E-state index in [0.29, 0.717) is 24.3 Å². The number of carbonyl (C=O) groups excluding carboxylic acids is 4. The lowest BCUT2D eigenvalue weighted by atomic mass is 9.58. The van der Waals surface area contributed by atoms with Crippen molar-refractivity contribution >= 4 is 59.6 Å². The smallest absolute Gasteiger partial charge is 0.255 e. The van der Waals surface area contributed by atoms with Gasteiger partial charge >= 0.3 is 0 Å². The molecule has 0 bridgehead atoms. The first-order valence-electron chi connectivity index (χ1n) is 14.5. The number of anilines is 2. The molecule has 0 spiro atoms. The molecule has 1 aliphatic heterocycles. The molecule has 4 aliphatic rings. The van der Waals surface area contributed by atoms with E-state index in [2.05, 4.69) is 10.2 Å². The minimum atomic E-state index is -2.72. The number of primary amides is 1. The number of nitrogens with zero attached hydrogens (tertiary/aromatic N) is 4. The van der Waals surface area contributed by atoms with Crippen molar-refractivity contribution in [2.24, 2.45) is 17.6 Å². The predicted octanol–water partition coefficient (Wildman–Crippen LogP) is 0.216. The standard InChI is InChI=1S/C30H40N6O8.2ClH/c1-33(2)18-12-17(32-19(37)13-36-8-6-35(5)7-9-36)24(38)21-15(18)10-14-11-16-23(34(3)4)26(40)22(29(31)43)28(42)30(16,44)27(41)20(14)25(21)39;;/h12,14,16,23,38,40-41,44H,6-11,13H2,1-5H3,(H2,31,43)(H,32,37);2*1H/t14?,16?,23-,30-;;/m0../s1. The topological polar surface area (TPSA) is 200 Å². The Balaban J connectivity index is 0.00000288. The second-order valence-corrected chi connectivity index (χ2v) is 12.6. The number of allylic oxidation sites excluding steroid dienone is 1. The number of rotatable bonds is 6. The summed E-state index contributed by atoms with van der Waals surface area (Å²) < 4.78 is 0. The third-order valence-electron chi connectivity index (χ3n) is 9.42. The van der Waals surface area contributed by atoms with Gasteiger partial charge in [0.2, 0.25) is 11.7 Å². The highest BCUT2D eigenvalue weighted by molar-refractivity contribution is 6.25. The number of carbonyl (C=O) groups is 4. The van der Waals surface area contributed by atoms with Gasteiger partial charge in [0, 0.05) is 57.5 Å². The molecule has 16 heteroatoms. The number of aliphatic hydroxyl groups is 3. The molecule has 5 rings (SSSR count). The summed E-state index contributed by atoms with van der Waals surface area (Å²) in [6.45, 7) is 3.14. The quantitative estimate of drug-likeness (QED) is 0.176. The second-order valence-electron chi connectivity index (χ2n) is 12.6. The number of amides is 2. The van der Waals surface area contributed by atoms with E-state index in [1.807, 2.05) is 11.9 Å². The van der Waals surface area contributed by atoms with Crippen LogP contribution in [0.1, 0.15) is 22.3 Å². The van der Waals surface area contributed by atoms with Gasteiger partial charge in [-0.1, -0.05) is 0 Å². The molecule has 14 nitrogen and oxygen atoms in total. The lowest BCUT2D eigenvalue weighted by Gasteiger charge is -2.50. The number of hydrogen-bond donors (Lipinski definition) is 6. The first-order valence-corrected chi connectivity index (χ1v) is 14.5. The number of Topliss-reactive ketones (excluding diaryl/α,β-unsaturated/α-hetero) is 2. The van der Waals surface area contributed by atoms with Crippen LogP contribution in [0.15, 0.2) is 28.7 Å². The van der Waals surface area contributed by atoms with Gasteiger partial charge in [-0.15, -0.1) is 24.8 Å². The molecule has 2 amide bonds. The zero-order chi connectivity index (χ0) is 32.4. The Morgan fingerprint density at radius 3 is 2.22 bits per heavy atom. The van der Waals surface area contributed by atoms with E-state index in [-0.39, 0.29) is 66.9 Å². The number of aliphatic hydroxyl groups excluding tert-OH is 2. The SMILES string of the molecule is CN1CCN(CC(=O)Nc2cc(N(C)C)c3c(c2O)C(=O)C2=C(O)[C@]4(O)C(=O)C(C(N)=O)=C(O)[C@@H](N(C)C)C4CC2C3)CC1.Cl.Cl. The molecule has 1 saturated heterocycles. The van der Waals surface area contributed by atoms with Gasteiger partial charge in [-0.05, 0) is 51.5 Å². The van der Waals surface area contributed by atoms with Crippen LogP contribution in [-0.4, -0.2) is 138 Å². The fraction of sp³-hybridized carbons (Fsp3) is 0.533. The fourth-order valence-electron chi connectivity index (χ4n) is 7.19. The van der Waals surface area contributed by atoms with E-state index in [9.17, 15) is 39.6 Å². The molecule has 0 radical (unpaired) electrons. The van der Waals surface area contributed by atoms with E-state index in [1.165, 1.54) is 4.90 Å². The third kappa shape index (κ3) is 5.82. The van der Waals surface area contributed by atoms with Crippen LogP contribution in [-0.2, 0) is 20.8 Å². The van der Waals surface area contributed by atoms with Gasteiger partial charge in [0.05, 0.1) is 23.8 Å². The Morgan fingerprint density at radius 1 is 1.07 bits per heavy atom. The number of piperazine rings is 1. The minimum absolute atomic E-state index is 0. The van der Waals surface area contributed by atoms with Gasteiger partial charge in [-0.2, -0.15) is 0 Å². The number of hydrogen-bond acceptors (Lipinski definition) is 12. The van der Waals surface area contributed by atoms with Crippen LogP contribution in [0.2, 0.25) is 0 Å². The number of nitrogens with two attached hydrogens (primary N) is 1. The largest absolute Gasteiger partial charge is 0.510 e. The number of fused-ring (bicyclic) bond motifs is 3. The van der Waals surface area contributed by atoms with E-state index >= 15 is 0 Å². The summed E-state index contributed by atoms with van der Waals surface area (Å²) in [5, 5.41) is 48.4. The predicted molar refractivity (Wildman–Crippen MR) is 175 cm³/mol. The van der Waals surface area contributed by atoms with Gasteiger partial charge in [-0.3, -0.25) is 29.0 Å². The highest BCUT2D eigenvalue weighted by Gasteiger charge is 2.63. The van der Waals surface area contributed by atoms with Crippen molar-refractivity contribution in [3.8, 4) is 5.75 Å². The van der Waals surface area contributed by atoms with E-state index < -0.39 is 63.8 Å². The van der Waals surface area contributed by atoms with Gasteiger partial charge in [-0.25, -0.2) is 0 Å². The molecule has 7 N–H and O–H groups in total. The molecule has 1 aromatic carbocycles. The highest BCUT2D eigenvalue weighted by atomic mass is 35.5. The van der Waals surface area contributed by atoms with Gasteiger partial charge in [0.25, 0.3) is 5.91 Å². The second kappa shape index (κ2) is 13.4. The molecular formula is C30H42Cl2N6O8. The normalized spacial score (nSPS) is 26.5. The summed E-state index contributed by atoms with van der Waals surface area (Å²) in [6.07, 6.45) is 0.133. The van der Waals surface area contributed by atoms with Crippen molar-refractivity contribution in [2.45, 2.75) is 24.5 Å². The van der Waals surface area contributed by atoms with Crippen LogP contribution in [0.4, 0.5) is 11.4 Å². The number of ketones is 2. The molecule has 1 fully saturated rings. The Labute approximate surface area is 279 Å². The molecule has 1 heterocycles. The van der Waals surface area contributed by atoms with Crippen LogP contribution in [0.3, 0.4) is 0 Å². The Kier molecular flexibility index (Phi) is 10.8. The fourth-order valence-corrected chi connectivity index (χ4v) is 7.19. The maximum Gasteiger partial charge on any atom is 0.255 e. The van der Waals surface area contributed by atoms with Crippen molar-refractivity contribution in [3.63, 3.8) is 0 Å². The van der Waals surface area contributed by atoms with Crippen LogP contribution < -0.4 is 16.0 Å². The monoisotopic (exact) mass is 684 g/mol. The summed E-state index contributed by atoms with van der Waals surface area (Å²) in [7, 11) is 8.67. The van der Waals surface area contributed by atoms with Crippen molar-refractivity contribution in [1.29, 1.82) is 0 Å². The molecule has 46 heavy (non-hydrogen) atoms. The van der Waals surface area contributed by atoms with Crippen molar-refractivity contribution in [1.82, 2.24) is 14.7 Å². The molecule has 0 aromatic heterocycles. The maximum atomic E-state index is 14.2. The number of benzene rings is 1. The average molecular weight is 686 g/mol. The zero-order valence-electron chi connectivity index (χ0n) is 26.4. The summed E-state index contributed by atoms with van der Waals surface area (Å²) in [5.41, 5.74) is 2.44. The summed E-state index contributed by atoms with van der Waals surface area (Å²) in [4.78, 5) is 60.3. The summed E-state index contributed by atoms with van der Waals surface area (Å²) >= 11 is 0. The molecule has 4 atom stereocenters. The number of halogens is 2. The molecule has 254 valence electrons. The zero-order valence-corrected chi connectivity index (χ0v) is 28.0. The van der Waals surface area contributed by atoms with Gasteiger partial charge in [0.1, 0.15) is 17.1 Å². The number of phenolic OH excluding ortho intramolecular Hbond substituents is 1. The van der Waals surface area contributed by atoms with Crippen LogP contribution in [0.25, 0.3) is 0 Å². The Hall–Kier alpha value is -3.40.